The molecule has 1 aliphatic rings. The van der Waals surface area contributed by atoms with E-state index in [2.05, 4.69) is 0 Å². The Morgan fingerprint density at radius 3 is 2.57 bits per heavy atom. The van der Waals surface area contributed by atoms with E-state index in [0.717, 1.165) is 18.8 Å². The summed E-state index contributed by atoms with van der Waals surface area (Å²) in [5.74, 6) is 0.909. The second-order valence-corrected chi connectivity index (χ2v) is 4.64. The van der Waals surface area contributed by atoms with Crippen molar-refractivity contribution in [3.8, 4) is 0 Å². The molecule has 1 aliphatic carbocycles. The van der Waals surface area contributed by atoms with E-state index in [1.807, 2.05) is 0 Å². The van der Waals surface area contributed by atoms with Crippen molar-refractivity contribution in [2.75, 3.05) is 0 Å². The van der Waals surface area contributed by atoms with Crippen molar-refractivity contribution in [2.24, 2.45) is 5.92 Å². The molecule has 0 aromatic rings. The lowest BCUT2D eigenvalue weighted by atomic mass is 9.85. The predicted molar refractivity (Wildman–Crippen MR) is 57.1 cm³/mol. The summed E-state index contributed by atoms with van der Waals surface area (Å²) in [5.41, 5.74) is 0. The number of rotatable bonds is 5. The third-order valence-electron chi connectivity index (χ3n) is 3.16. The van der Waals surface area contributed by atoms with Gasteiger partial charge in [-0.1, -0.05) is 32.1 Å². The maximum atomic E-state index is 10.7. The molecule has 0 saturated heterocycles. The van der Waals surface area contributed by atoms with Crippen molar-refractivity contribution in [2.45, 2.75) is 64.4 Å². The molecule has 1 fully saturated rings. The molecule has 1 atom stereocenters. The molecule has 1 rings (SSSR count). The molecule has 1 unspecified atom stereocenters. The van der Waals surface area contributed by atoms with Gasteiger partial charge in [-0.25, -0.2) is 0 Å². The fourth-order valence-corrected chi connectivity index (χ4v) is 2.34. The van der Waals surface area contributed by atoms with Crippen molar-refractivity contribution >= 4 is 5.78 Å². The molecule has 1 N–H and O–H groups in total. The monoisotopic (exact) mass is 198 g/mol. The van der Waals surface area contributed by atoms with Crippen molar-refractivity contribution < 1.29 is 9.90 Å². The van der Waals surface area contributed by atoms with Crippen LogP contribution < -0.4 is 0 Å². The number of carbonyl (C=O) groups excluding carboxylic acids is 1. The zero-order chi connectivity index (χ0) is 10.4. The molecule has 0 aromatic carbocycles. The number of carbonyl (C=O) groups is 1. The number of Topliss-reactive ketones (excluding diaryl/α,β-unsaturated/α-hetero) is 1. The van der Waals surface area contributed by atoms with Gasteiger partial charge < -0.3 is 5.11 Å². The summed E-state index contributed by atoms with van der Waals surface area (Å²) in [6, 6.07) is 0. The van der Waals surface area contributed by atoms with Gasteiger partial charge in [-0.3, -0.25) is 4.79 Å². The average Bonchev–Trinajstić information content (AvgIpc) is 2.15. The van der Waals surface area contributed by atoms with Crippen molar-refractivity contribution in [3.63, 3.8) is 0 Å². The second-order valence-electron chi connectivity index (χ2n) is 4.64. The average molecular weight is 198 g/mol. The molecule has 14 heavy (non-hydrogen) atoms. The molecule has 0 amide bonds. The highest BCUT2D eigenvalue weighted by Gasteiger charge is 2.15. The molecule has 82 valence electrons. The smallest absolute Gasteiger partial charge is 0.132 e. The van der Waals surface area contributed by atoms with Crippen LogP contribution in [0.5, 0.6) is 0 Å². The fraction of sp³-hybridized carbons (Fsp3) is 0.917. The molecule has 0 bridgehead atoms. The minimum absolute atomic E-state index is 0.0983. The lowest BCUT2D eigenvalue weighted by Gasteiger charge is -2.22. The van der Waals surface area contributed by atoms with E-state index >= 15 is 0 Å². The summed E-state index contributed by atoms with van der Waals surface area (Å²) < 4.78 is 0. The van der Waals surface area contributed by atoms with E-state index in [1.165, 1.54) is 32.1 Å². The number of hydrogen-bond acceptors (Lipinski definition) is 2. The van der Waals surface area contributed by atoms with E-state index in [9.17, 15) is 9.90 Å². The first-order valence-electron chi connectivity index (χ1n) is 5.86. The minimum Gasteiger partial charge on any atom is -0.393 e. The highest BCUT2D eigenvalue weighted by molar-refractivity contribution is 5.75. The molecule has 0 heterocycles. The molecule has 1 saturated carbocycles. The van der Waals surface area contributed by atoms with Crippen LogP contribution in [0.4, 0.5) is 0 Å². The summed E-state index contributed by atoms with van der Waals surface area (Å²) >= 11 is 0. The quantitative estimate of drug-likeness (QED) is 0.737. The lowest BCUT2D eigenvalue weighted by Crippen LogP contribution is -2.14. The summed E-state index contributed by atoms with van der Waals surface area (Å²) in [4.78, 5) is 10.7. The third-order valence-corrected chi connectivity index (χ3v) is 3.16. The van der Waals surface area contributed by atoms with E-state index in [4.69, 9.17) is 0 Å². The van der Waals surface area contributed by atoms with Crippen molar-refractivity contribution in [1.82, 2.24) is 0 Å². The summed E-state index contributed by atoms with van der Waals surface area (Å²) in [6.45, 7) is 1.55. The first-order chi connectivity index (χ1) is 6.68. The first kappa shape index (κ1) is 11.7. The second kappa shape index (κ2) is 6.18. The molecule has 0 aliphatic heterocycles. The fourth-order valence-electron chi connectivity index (χ4n) is 2.34. The third kappa shape index (κ3) is 4.75. The van der Waals surface area contributed by atoms with Gasteiger partial charge in [-0.2, -0.15) is 0 Å². The Labute approximate surface area is 86.7 Å². The van der Waals surface area contributed by atoms with Gasteiger partial charge in [0.1, 0.15) is 5.78 Å². The van der Waals surface area contributed by atoms with Gasteiger partial charge in [0.05, 0.1) is 6.10 Å². The Balaban J connectivity index is 2.09. The highest BCUT2D eigenvalue weighted by atomic mass is 16.3. The van der Waals surface area contributed by atoms with Crippen molar-refractivity contribution in [1.29, 1.82) is 0 Å². The first-order valence-corrected chi connectivity index (χ1v) is 5.86. The molecule has 2 heteroatoms. The number of hydrogen-bond donors (Lipinski definition) is 1. The van der Waals surface area contributed by atoms with E-state index in [-0.39, 0.29) is 5.78 Å². The van der Waals surface area contributed by atoms with Crippen LogP contribution >= 0.6 is 0 Å². The molecule has 0 aromatic heterocycles. The zero-order valence-corrected chi connectivity index (χ0v) is 9.17. The number of ketones is 1. The topological polar surface area (TPSA) is 37.3 Å². The van der Waals surface area contributed by atoms with Crippen LogP contribution in [0, 0.1) is 5.92 Å². The van der Waals surface area contributed by atoms with Crippen LogP contribution in [0.3, 0.4) is 0 Å². The highest BCUT2D eigenvalue weighted by Crippen LogP contribution is 2.27. The SMILES string of the molecule is CC(=O)CC(O)CCC1CCCCC1. The Hall–Kier alpha value is -0.370. The standard InChI is InChI=1S/C12H22O2/c1-10(13)9-12(14)8-7-11-5-3-2-4-6-11/h11-12,14H,2-9H2,1H3. The zero-order valence-electron chi connectivity index (χ0n) is 9.17. The van der Waals surface area contributed by atoms with Gasteiger partial charge in [-0.15, -0.1) is 0 Å². The maximum Gasteiger partial charge on any atom is 0.132 e. The summed E-state index contributed by atoms with van der Waals surface area (Å²) in [6.07, 6.45) is 8.60. The van der Waals surface area contributed by atoms with Crippen LogP contribution in [0.15, 0.2) is 0 Å². The Kier molecular flexibility index (Phi) is 5.16. The van der Waals surface area contributed by atoms with Crippen LogP contribution in [0.2, 0.25) is 0 Å². The van der Waals surface area contributed by atoms with Gasteiger partial charge in [-0.05, 0) is 25.7 Å². The van der Waals surface area contributed by atoms with E-state index in [1.54, 1.807) is 6.92 Å². The van der Waals surface area contributed by atoms with Crippen LogP contribution in [-0.2, 0) is 4.79 Å². The van der Waals surface area contributed by atoms with Crippen LogP contribution in [-0.4, -0.2) is 17.0 Å². The molecule has 2 nitrogen and oxygen atoms in total. The maximum absolute atomic E-state index is 10.7. The predicted octanol–water partition coefficient (Wildman–Crippen LogP) is 2.69. The molecule has 0 radical (unpaired) electrons. The Bertz CT molecular complexity index is 171. The van der Waals surface area contributed by atoms with Gasteiger partial charge >= 0.3 is 0 Å². The van der Waals surface area contributed by atoms with Crippen LogP contribution in [0.1, 0.15) is 58.3 Å². The van der Waals surface area contributed by atoms with Gasteiger partial charge in [0.2, 0.25) is 0 Å². The minimum atomic E-state index is -0.394. The van der Waals surface area contributed by atoms with Gasteiger partial charge in [0.25, 0.3) is 0 Å². The number of aliphatic hydroxyl groups excluding tert-OH is 1. The lowest BCUT2D eigenvalue weighted by molar-refractivity contribution is -0.118. The van der Waals surface area contributed by atoms with E-state index < -0.39 is 6.10 Å². The normalized spacial score (nSPS) is 20.7. The Morgan fingerprint density at radius 2 is 2.00 bits per heavy atom. The van der Waals surface area contributed by atoms with Gasteiger partial charge in [0.15, 0.2) is 0 Å². The summed E-state index contributed by atoms with van der Waals surface area (Å²) in [7, 11) is 0. The van der Waals surface area contributed by atoms with Crippen LogP contribution in [0.25, 0.3) is 0 Å². The molecular formula is C12H22O2. The number of aliphatic hydroxyl groups is 1. The van der Waals surface area contributed by atoms with Crippen molar-refractivity contribution in [3.05, 3.63) is 0 Å². The van der Waals surface area contributed by atoms with E-state index in [0.29, 0.717) is 6.42 Å². The molecular weight excluding hydrogens is 176 g/mol. The largest absolute Gasteiger partial charge is 0.393 e. The summed E-state index contributed by atoms with van der Waals surface area (Å²) in [5, 5.41) is 9.53. The molecule has 0 spiro atoms. The Morgan fingerprint density at radius 1 is 1.36 bits per heavy atom. The van der Waals surface area contributed by atoms with Gasteiger partial charge in [0, 0.05) is 6.42 Å².